The summed E-state index contributed by atoms with van der Waals surface area (Å²) in [5.74, 6) is 0.949. The maximum absolute atomic E-state index is 5.48. The molecular formula is C17H24N4O. The van der Waals surface area contributed by atoms with Gasteiger partial charge in [-0.05, 0) is 26.0 Å². The molecule has 1 aromatic heterocycles. The number of anilines is 2. The largest absolute Gasteiger partial charge is 0.495 e. The summed E-state index contributed by atoms with van der Waals surface area (Å²) in [7, 11) is 3.74. The van der Waals surface area contributed by atoms with Gasteiger partial charge in [0.15, 0.2) is 0 Å². The third kappa shape index (κ3) is 2.51. The number of methoxy groups -OCH3 is 1. The molecule has 0 spiro atoms. The molecule has 0 bridgehead atoms. The maximum atomic E-state index is 5.48. The number of piperazine rings is 1. The minimum Gasteiger partial charge on any atom is -0.495 e. The summed E-state index contributed by atoms with van der Waals surface area (Å²) in [6, 6.07) is 8.24. The lowest BCUT2D eigenvalue weighted by atomic mass is 10.2. The first-order valence-electron chi connectivity index (χ1n) is 7.75. The summed E-state index contributed by atoms with van der Waals surface area (Å²) < 4.78 is 7.45. The predicted octanol–water partition coefficient (Wildman–Crippen LogP) is 2.37. The molecule has 5 nitrogen and oxygen atoms in total. The molecule has 0 unspecified atom stereocenters. The minimum absolute atomic E-state index is 0.949. The highest BCUT2D eigenvalue weighted by molar-refractivity contribution is 5.61. The van der Waals surface area contributed by atoms with Crippen LogP contribution in [-0.2, 0) is 7.05 Å². The van der Waals surface area contributed by atoms with E-state index < -0.39 is 0 Å². The molecule has 0 atom stereocenters. The Bertz CT molecular complexity index is 657. The highest BCUT2D eigenvalue weighted by Crippen LogP contribution is 2.30. The molecule has 22 heavy (non-hydrogen) atoms. The zero-order valence-electron chi connectivity index (χ0n) is 13.8. The molecule has 0 aliphatic carbocycles. The Morgan fingerprint density at radius 2 is 1.64 bits per heavy atom. The number of hydrogen-bond donors (Lipinski definition) is 0. The van der Waals surface area contributed by atoms with Crippen molar-refractivity contribution in [2.75, 3.05) is 43.1 Å². The van der Waals surface area contributed by atoms with Gasteiger partial charge in [-0.15, -0.1) is 0 Å². The van der Waals surface area contributed by atoms with Crippen molar-refractivity contribution >= 4 is 11.4 Å². The molecule has 0 amide bonds. The van der Waals surface area contributed by atoms with Gasteiger partial charge >= 0.3 is 0 Å². The van der Waals surface area contributed by atoms with Crippen LogP contribution >= 0.6 is 0 Å². The van der Waals surface area contributed by atoms with Gasteiger partial charge in [-0.3, -0.25) is 4.68 Å². The summed E-state index contributed by atoms with van der Waals surface area (Å²) in [6.45, 7) is 8.23. The van der Waals surface area contributed by atoms with E-state index in [1.807, 2.05) is 23.9 Å². The van der Waals surface area contributed by atoms with Gasteiger partial charge in [-0.1, -0.05) is 12.1 Å². The minimum atomic E-state index is 0.949. The molecule has 5 heteroatoms. The molecule has 1 aliphatic rings. The van der Waals surface area contributed by atoms with Crippen molar-refractivity contribution in [1.82, 2.24) is 9.78 Å². The van der Waals surface area contributed by atoms with E-state index in [0.717, 1.165) is 37.6 Å². The Kier molecular flexibility index (Phi) is 3.96. The maximum Gasteiger partial charge on any atom is 0.142 e. The van der Waals surface area contributed by atoms with Crippen LogP contribution in [0.1, 0.15) is 11.4 Å². The van der Waals surface area contributed by atoms with Crippen LogP contribution in [0.3, 0.4) is 0 Å². The number of benzene rings is 1. The van der Waals surface area contributed by atoms with E-state index in [1.54, 1.807) is 7.11 Å². The first-order valence-corrected chi connectivity index (χ1v) is 7.75. The van der Waals surface area contributed by atoms with Crippen LogP contribution in [0, 0.1) is 13.8 Å². The van der Waals surface area contributed by atoms with Crippen LogP contribution in [0.15, 0.2) is 24.3 Å². The number of ether oxygens (including phenoxy) is 1. The third-order valence-corrected chi connectivity index (χ3v) is 4.49. The number of para-hydroxylation sites is 2. The first kappa shape index (κ1) is 14.8. The molecule has 1 saturated heterocycles. The highest BCUT2D eigenvalue weighted by Gasteiger charge is 2.23. The number of hydrogen-bond acceptors (Lipinski definition) is 4. The fourth-order valence-corrected chi connectivity index (χ4v) is 3.28. The van der Waals surface area contributed by atoms with E-state index >= 15 is 0 Å². The number of aryl methyl sites for hydroxylation is 2. The van der Waals surface area contributed by atoms with Crippen LogP contribution in [0.2, 0.25) is 0 Å². The van der Waals surface area contributed by atoms with E-state index in [2.05, 4.69) is 40.9 Å². The van der Waals surface area contributed by atoms with Gasteiger partial charge in [0.1, 0.15) is 5.75 Å². The lowest BCUT2D eigenvalue weighted by Gasteiger charge is -2.37. The monoisotopic (exact) mass is 300 g/mol. The molecule has 0 N–H and O–H groups in total. The molecule has 1 aliphatic heterocycles. The second-order valence-electron chi connectivity index (χ2n) is 5.79. The van der Waals surface area contributed by atoms with Crippen LogP contribution < -0.4 is 14.5 Å². The second kappa shape index (κ2) is 5.91. The van der Waals surface area contributed by atoms with E-state index in [0.29, 0.717) is 0 Å². The number of nitrogens with zero attached hydrogens (tertiary/aromatic N) is 4. The van der Waals surface area contributed by atoms with Gasteiger partial charge in [0.25, 0.3) is 0 Å². The fraction of sp³-hybridized carbons (Fsp3) is 0.471. The Labute approximate surface area is 132 Å². The number of rotatable bonds is 3. The summed E-state index contributed by atoms with van der Waals surface area (Å²) in [5.41, 5.74) is 4.83. The third-order valence-electron chi connectivity index (χ3n) is 4.49. The average molecular weight is 300 g/mol. The molecule has 3 rings (SSSR count). The molecule has 2 aromatic rings. The molecule has 1 fully saturated rings. The van der Waals surface area contributed by atoms with Crippen LogP contribution in [0.4, 0.5) is 11.4 Å². The summed E-state index contributed by atoms with van der Waals surface area (Å²) >= 11 is 0. The summed E-state index contributed by atoms with van der Waals surface area (Å²) in [4.78, 5) is 4.85. The Balaban J connectivity index is 1.75. The predicted molar refractivity (Wildman–Crippen MR) is 90.1 cm³/mol. The Morgan fingerprint density at radius 3 is 2.23 bits per heavy atom. The van der Waals surface area contributed by atoms with Crippen molar-refractivity contribution < 1.29 is 4.74 Å². The van der Waals surface area contributed by atoms with Gasteiger partial charge in [0, 0.05) is 33.2 Å². The van der Waals surface area contributed by atoms with Gasteiger partial charge in [-0.2, -0.15) is 5.10 Å². The smallest absolute Gasteiger partial charge is 0.142 e. The molecule has 2 heterocycles. The van der Waals surface area contributed by atoms with Crippen molar-refractivity contribution in [2.45, 2.75) is 13.8 Å². The molecule has 118 valence electrons. The van der Waals surface area contributed by atoms with Gasteiger partial charge < -0.3 is 14.5 Å². The normalized spacial score (nSPS) is 15.3. The van der Waals surface area contributed by atoms with Crippen molar-refractivity contribution in [3.8, 4) is 5.75 Å². The van der Waals surface area contributed by atoms with E-state index in [1.165, 1.54) is 17.1 Å². The average Bonchev–Trinajstić information content (AvgIpc) is 2.80. The lowest BCUT2D eigenvalue weighted by molar-refractivity contribution is 0.413. The highest BCUT2D eigenvalue weighted by atomic mass is 16.5. The zero-order valence-corrected chi connectivity index (χ0v) is 13.8. The van der Waals surface area contributed by atoms with Crippen LogP contribution in [0.25, 0.3) is 0 Å². The van der Waals surface area contributed by atoms with E-state index in [-0.39, 0.29) is 0 Å². The zero-order chi connectivity index (χ0) is 15.7. The van der Waals surface area contributed by atoms with Crippen LogP contribution in [-0.4, -0.2) is 43.1 Å². The quantitative estimate of drug-likeness (QED) is 0.871. The fourth-order valence-electron chi connectivity index (χ4n) is 3.28. The standard InChI is InChI=1S/C17H24N4O/c1-13-17(14(2)19(3)18-13)21-11-9-20(10-12-21)15-7-5-6-8-16(15)22-4/h5-8H,9-12H2,1-4H3. The van der Waals surface area contributed by atoms with Crippen molar-refractivity contribution in [3.63, 3.8) is 0 Å². The Hall–Kier alpha value is -2.17. The number of aromatic nitrogens is 2. The molecule has 1 aromatic carbocycles. The SMILES string of the molecule is COc1ccccc1N1CCN(c2c(C)nn(C)c2C)CC1. The summed E-state index contributed by atoms with van der Waals surface area (Å²) in [5, 5.41) is 4.53. The van der Waals surface area contributed by atoms with Gasteiger partial charge in [0.2, 0.25) is 0 Å². The van der Waals surface area contributed by atoms with Crippen molar-refractivity contribution in [2.24, 2.45) is 7.05 Å². The van der Waals surface area contributed by atoms with Crippen molar-refractivity contribution in [1.29, 1.82) is 0 Å². The molecular weight excluding hydrogens is 276 g/mol. The van der Waals surface area contributed by atoms with Crippen molar-refractivity contribution in [3.05, 3.63) is 35.7 Å². The lowest BCUT2D eigenvalue weighted by Crippen LogP contribution is -2.47. The molecule has 0 saturated carbocycles. The summed E-state index contributed by atoms with van der Waals surface area (Å²) in [6.07, 6.45) is 0. The van der Waals surface area contributed by atoms with E-state index in [4.69, 9.17) is 4.74 Å². The first-order chi connectivity index (χ1) is 10.6. The Morgan fingerprint density at radius 1 is 1.00 bits per heavy atom. The van der Waals surface area contributed by atoms with Gasteiger partial charge in [0.05, 0.1) is 29.9 Å². The van der Waals surface area contributed by atoms with E-state index in [9.17, 15) is 0 Å². The van der Waals surface area contributed by atoms with Crippen LogP contribution in [0.5, 0.6) is 5.75 Å². The van der Waals surface area contributed by atoms with Gasteiger partial charge in [-0.25, -0.2) is 0 Å². The topological polar surface area (TPSA) is 33.5 Å². The second-order valence-corrected chi connectivity index (χ2v) is 5.79. The molecule has 0 radical (unpaired) electrons.